The molecule has 0 unspecified atom stereocenters. The summed E-state index contributed by atoms with van der Waals surface area (Å²) in [5.74, 6) is 3.18. The number of carbonyl (C=O) groups excluding carboxylic acids is 4. The first-order valence-corrected chi connectivity index (χ1v) is 23.4. The minimum Gasteiger partial charge on any atom is -0.488 e. The molecule has 0 saturated heterocycles. The highest BCUT2D eigenvalue weighted by molar-refractivity contribution is 9.09. The first-order chi connectivity index (χ1) is 31.1. The van der Waals surface area contributed by atoms with Gasteiger partial charge in [-0.2, -0.15) is 0 Å². The molecule has 7 nitrogen and oxygen atoms in total. The maximum absolute atomic E-state index is 12.1. The van der Waals surface area contributed by atoms with Crippen LogP contribution in [-0.2, 0) is 39.1 Å². The van der Waals surface area contributed by atoms with Gasteiger partial charge in [0.1, 0.15) is 37.1 Å². The molecule has 0 amide bonds. The Labute approximate surface area is 385 Å². The number of aryl methyl sites for hydroxylation is 3. The van der Waals surface area contributed by atoms with E-state index in [1.54, 1.807) is 0 Å². The van der Waals surface area contributed by atoms with Crippen LogP contribution in [0.1, 0.15) is 119 Å². The summed E-state index contributed by atoms with van der Waals surface area (Å²) in [7, 11) is 0. The van der Waals surface area contributed by atoms with Gasteiger partial charge in [-0.1, -0.05) is 70.5 Å². The van der Waals surface area contributed by atoms with E-state index in [1.165, 1.54) is 11.1 Å². The zero-order valence-electron chi connectivity index (χ0n) is 35.3. The van der Waals surface area contributed by atoms with Gasteiger partial charge in [0, 0.05) is 63.2 Å². The molecule has 0 fully saturated rings. The van der Waals surface area contributed by atoms with Crippen molar-refractivity contribution in [3.05, 3.63) is 164 Å². The molecule has 3 aliphatic heterocycles. The Bertz CT molecular complexity index is 2980. The standard InChI is InChI=1S/C19H15BrO3.C19H16O2.C17H13ClO2/c20-9-18(22)12-4-5-14-13(6-12)10-23-19-8-15-11(7-16(14)19)2-1-3-17(15)21;1-2-12-6-7-15-14(8-12)11-21-19-10-16-13(9-17(15)19)4-3-5-18(16)20;18-12-4-5-13-11(6-12)9-20-17-8-14-10(7-15(13)17)2-1-3-16(14)19/h4-8H,1-3,9-10H2;2,6-10H,1,3-5,11H2;4-8H,1-3,9H2. The molecule has 64 heavy (non-hydrogen) atoms. The van der Waals surface area contributed by atoms with Gasteiger partial charge in [0.15, 0.2) is 23.1 Å². The van der Waals surface area contributed by atoms with Crippen LogP contribution >= 0.6 is 27.5 Å². The lowest BCUT2D eigenvalue weighted by atomic mass is 9.86. The summed E-state index contributed by atoms with van der Waals surface area (Å²) < 4.78 is 17.5. The predicted molar refractivity (Wildman–Crippen MR) is 254 cm³/mol. The van der Waals surface area contributed by atoms with E-state index in [1.807, 2.05) is 60.7 Å². The fraction of sp³-hybridized carbons (Fsp3) is 0.236. The summed E-state index contributed by atoms with van der Waals surface area (Å²) in [5, 5.41) is 1.04. The zero-order valence-corrected chi connectivity index (χ0v) is 37.6. The number of halogens is 2. The fourth-order valence-electron chi connectivity index (χ4n) is 9.75. The first-order valence-electron chi connectivity index (χ1n) is 21.9. The van der Waals surface area contributed by atoms with Crippen molar-refractivity contribution in [3.63, 3.8) is 0 Å². The summed E-state index contributed by atoms with van der Waals surface area (Å²) in [6.45, 7) is 5.30. The number of Topliss-reactive ketones (excluding diaryl/α,β-unsaturated/α-hetero) is 4. The zero-order chi connectivity index (χ0) is 44.1. The minimum atomic E-state index is 0.0645. The Kier molecular flexibility index (Phi) is 11.4. The van der Waals surface area contributed by atoms with Gasteiger partial charge in [-0.05, 0) is 155 Å². The summed E-state index contributed by atoms with van der Waals surface area (Å²) in [4.78, 5) is 47.9. The second kappa shape index (κ2) is 17.5. The lowest BCUT2D eigenvalue weighted by Crippen LogP contribution is -2.14. The third-order valence-corrected chi connectivity index (χ3v) is 13.8. The van der Waals surface area contributed by atoms with Crippen LogP contribution in [0.2, 0.25) is 5.02 Å². The predicted octanol–water partition coefficient (Wildman–Crippen LogP) is 13.2. The fourth-order valence-corrected chi connectivity index (χ4v) is 10.3. The molecule has 0 N–H and O–H groups in total. The molecule has 6 aromatic carbocycles. The molecule has 0 spiro atoms. The van der Waals surface area contributed by atoms with Crippen LogP contribution in [-0.4, -0.2) is 28.5 Å². The van der Waals surface area contributed by atoms with Crippen LogP contribution < -0.4 is 14.2 Å². The molecule has 0 saturated carbocycles. The number of rotatable bonds is 3. The number of carbonyl (C=O) groups is 4. The quantitative estimate of drug-likeness (QED) is 0.129. The van der Waals surface area contributed by atoms with Gasteiger partial charge in [0.05, 0.1) is 5.33 Å². The van der Waals surface area contributed by atoms with Crippen LogP contribution in [0.25, 0.3) is 39.5 Å². The second-order valence-corrected chi connectivity index (χ2v) is 18.1. The third kappa shape index (κ3) is 7.92. The normalized spacial score (nSPS) is 15.6. The number of ether oxygens (including phenoxy) is 3. The Morgan fingerprint density at radius 1 is 0.500 bits per heavy atom. The molecule has 9 heteroatoms. The number of hydrogen-bond donors (Lipinski definition) is 0. The molecule has 0 bridgehead atoms. The van der Waals surface area contributed by atoms with E-state index in [9.17, 15) is 19.2 Å². The van der Waals surface area contributed by atoms with E-state index in [0.29, 0.717) is 50.0 Å². The van der Waals surface area contributed by atoms with Crippen LogP contribution in [0.15, 0.2) is 97.6 Å². The Balaban J connectivity index is 0.000000114. The smallest absolute Gasteiger partial charge is 0.173 e. The number of ketones is 4. The number of hydrogen-bond acceptors (Lipinski definition) is 7. The van der Waals surface area contributed by atoms with Crippen molar-refractivity contribution in [2.45, 2.75) is 77.6 Å². The summed E-state index contributed by atoms with van der Waals surface area (Å²) in [6.07, 6.45) is 9.48. The van der Waals surface area contributed by atoms with E-state index in [4.69, 9.17) is 25.8 Å². The molecule has 6 aromatic rings. The van der Waals surface area contributed by atoms with Crippen molar-refractivity contribution in [2.24, 2.45) is 0 Å². The average Bonchev–Trinajstić information content (AvgIpc) is 3.32. The monoisotopic (exact) mass is 930 g/mol. The summed E-state index contributed by atoms with van der Waals surface area (Å²) >= 11 is 9.25. The molecule has 0 atom stereocenters. The maximum atomic E-state index is 12.1. The lowest BCUT2D eigenvalue weighted by molar-refractivity contribution is 0.0964. The molecule has 12 rings (SSSR count). The van der Waals surface area contributed by atoms with Crippen molar-refractivity contribution >= 4 is 56.7 Å². The van der Waals surface area contributed by atoms with Crippen molar-refractivity contribution in [1.29, 1.82) is 0 Å². The van der Waals surface area contributed by atoms with Gasteiger partial charge < -0.3 is 14.2 Å². The molecule has 6 aliphatic rings. The highest BCUT2D eigenvalue weighted by Gasteiger charge is 2.28. The van der Waals surface area contributed by atoms with Crippen LogP contribution in [0.4, 0.5) is 0 Å². The van der Waals surface area contributed by atoms with Gasteiger partial charge >= 0.3 is 0 Å². The largest absolute Gasteiger partial charge is 0.488 e. The number of benzene rings is 6. The second-order valence-electron chi connectivity index (χ2n) is 17.1. The molecular formula is C55H44BrClO7. The van der Waals surface area contributed by atoms with Crippen molar-refractivity contribution in [3.8, 4) is 50.6 Å². The minimum absolute atomic E-state index is 0.0645. The lowest BCUT2D eigenvalue weighted by Gasteiger charge is -2.24. The molecule has 320 valence electrons. The topological polar surface area (TPSA) is 96.0 Å². The highest BCUT2D eigenvalue weighted by atomic mass is 79.9. The Hall–Kier alpha value is -6.09. The summed E-state index contributed by atoms with van der Waals surface area (Å²) in [6, 6.07) is 30.1. The van der Waals surface area contributed by atoms with Crippen molar-refractivity contribution in [2.75, 3.05) is 5.33 Å². The number of alkyl halides is 1. The first kappa shape index (κ1) is 41.9. The Morgan fingerprint density at radius 2 is 0.922 bits per heavy atom. The van der Waals surface area contributed by atoms with E-state index in [2.05, 4.69) is 58.9 Å². The molecule has 3 heterocycles. The van der Waals surface area contributed by atoms with E-state index < -0.39 is 0 Å². The molecule has 0 aromatic heterocycles. The van der Waals surface area contributed by atoms with Crippen LogP contribution in [0.3, 0.4) is 0 Å². The van der Waals surface area contributed by atoms with Gasteiger partial charge in [0.2, 0.25) is 0 Å². The molecule has 3 aliphatic carbocycles. The highest BCUT2D eigenvalue weighted by Crippen LogP contribution is 2.44. The van der Waals surface area contributed by atoms with Gasteiger partial charge in [-0.3, -0.25) is 19.2 Å². The van der Waals surface area contributed by atoms with Gasteiger partial charge in [-0.25, -0.2) is 0 Å². The molecular weight excluding hydrogens is 888 g/mol. The van der Waals surface area contributed by atoms with E-state index >= 15 is 0 Å². The maximum Gasteiger partial charge on any atom is 0.173 e. The van der Waals surface area contributed by atoms with Crippen molar-refractivity contribution < 1.29 is 33.4 Å². The average molecular weight is 932 g/mol. The number of fused-ring (bicyclic) bond motifs is 12. The molecule has 0 radical (unpaired) electrons. The van der Waals surface area contributed by atoms with Gasteiger partial charge in [0.25, 0.3) is 0 Å². The van der Waals surface area contributed by atoms with Crippen LogP contribution in [0, 0.1) is 0 Å². The SMILES string of the molecule is C=Cc1ccc2c(c1)COc1cc3c(cc1-2)CCCC3=O.O=C(CBr)c1ccc2c(c1)COc1cc3c(cc1-2)CCCC3=O.O=C1CCCc2cc3c(cc21)OCc1cc(Cl)ccc1-3. The Morgan fingerprint density at radius 3 is 1.38 bits per heavy atom. The van der Waals surface area contributed by atoms with Gasteiger partial charge in [-0.15, -0.1) is 0 Å². The van der Waals surface area contributed by atoms with Crippen molar-refractivity contribution in [1.82, 2.24) is 0 Å². The van der Waals surface area contributed by atoms with E-state index in [0.717, 1.165) is 139 Å². The summed E-state index contributed by atoms with van der Waals surface area (Å²) in [5.41, 5.74) is 17.7. The van der Waals surface area contributed by atoms with Crippen LogP contribution in [0.5, 0.6) is 17.2 Å². The third-order valence-electron chi connectivity index (χ3n) is 13.1. The van der Waals surface area contributed by atoms with E-state index in [-0.39, 0.29) is 23.1 Å².